The number of ether oxygens (including phenoxy) is 2. The maximum absolute atomic E-state index is 5.92. The second-order valence-electron chi connectivity index (χ2n) is 5.01. The van der Waals surface area contributed by atoms with Crippen LogP contribution >= 0.6 is 15.9 Å². The van der Waals surface area contributed by atoms with Crippen LogP contribution in [0.25, 0.3) is 0 Å². The minimum absolute atomic E-state index is 0.173. The molecule has 0 radical (unpaired) electrons. The number of aryl methyl sites for hydroxylation is 1. The highest BCUT2D eigenvalue weighted by Gasteiger charge is 2.27. The highest BCUT2D eigenvalue weighted by atomic mass is 79.9. The van der Waals surface area contributed by atoms with E-state index in [-0.39, 0.29) is 12.1 Å². The van der Waals surface area contributed by atoms with Gasteiger partial charge < -0.3 is 14.8 Å². The summed E-state index contributed by atoms with van der Waals surface area (Å²) in [5.41, 5.74) is 2.34. The van der Waals surface area contributed by atoms with Gasteiger partial charge in [0.1, 0.15) is 5.75 Å². The topological polar surface area (TPSA) is 30.5 Å². The van der Waals surface area contributed by atoms with Crippen molar-refractivity contribution in [3.63, 3.8) is 0 Å². The fraction of sp³-hybridized carbons (Fsp3) is 0.600. The SMILES string of the molecule is CNC(c1cc(Br)c(C)cc1OC)C1CCCCO1. The number of halogens is 1. The molecule has 2 unspecified atom stereocenters. The lowest BCUT2D eigenvalue weighted by atomic mass is 9.94. The van der Waals surface area contributed by atoms with Gasteiger partial charge in [-0.1, -0.05) is 15.9 Å². The lowest BCUT2D eigenvalue weighted by molar-refractivity contribution is -0.00706. The Kier molecular flexibility index (Phi) is 5.25. The lowest BCUT2D eigenvalue weighted by Gasteiger charge is -2.31. The molecular formula is C15H22BrNO2. The molecule has 0 saturated carbocycles. The van der Waals surface area contributed by atoms with Crippen molar-refractivity contribution in [2.45, 2.75) is 38.3 Å². The van der Waals surface area contributed by atoms with E-state index in [2.05, 4.69) is 40.3 Å². The molecule has 0 amide bonds. The molecule has 0 aromatic heterocycles. The molecule has 2 rings (SSSR count). The van der Waals surface area contributed by atoms with Gasteiger partial charge in [-0.25, -0.2) is 0 Å². The first-order valence-electron chi connectivity index (χ1n) is 6.80. The molecule has 1 aliphatic rings. The van der Waals surface area contributed by atoms with Crippen LogP contribution in [0.4, 0.5) is 0 Å². The second-order valence-corrected chi connectivity index (χ2v) is 5.87. The van der Waals surface area contributed by atoms with Crippen molar-refractivity contribution in [3.8, 4) is 5.75 Å². The van der Waals surface area contributed by atoms with Gasteiger partial charge in [-0.05, 0) is 50.9 Å². The normalized spacial score (nSPS) is 21.2. The number of hydrogen-bond donors (Lipinski definition) is 1. The van der Waals surface area contributed by atoms with Crippen LogP contribution in [0.5, 0.6) is 5.75 Å². The smallest absolute Gasteiger partial charge is 0.124 e. The van der Waals surface area contributed by atoms with Gasteiger partial charge in [-0.2, -0.15) is 0 Å². The fourth-order valence-electron chi connectivity index (χ4n) is 2.66. The minimum Gasteiger partial charge on any atom is -0.496 e. The molecule has 1 fully saturated rings. The molecule has 0 bridgehead atoms. The molecule has 0 aliphatic carbocycles. The van der Waals surface area contributed by atoms with Crippen molar-refractivity contribution in [2.75, 3.05) is 20.8 Å². The average Bonchev–Trinajstić information content (AvgIpc) is 2.44. The molecular weight excluding hydrogens is 306 g/mol. The summed E-state index contributed by atoms with van der Waals surface area (Å²) in [7, 11) is 3.70. The van der Waals surface area contributed by atoms with Gasteiger partial charge in [0.15, 0.2) is 0 Å². The third kappa shape index (κ3) is 3.30. The fourth-order valence-corrected chi connectivity index (χ4v) is 3.02. The van der Waals surface area contributed by atoms with Crippen LogP contribution in [-0.4, -0.2) is 26.9 Å². The summed E-state index contributed by atoms with van der Waals surface area (Å²) in [5, 5.41) is 3.38. The summed E-state index contributed by atoms with van der Waals surface area (Å²) in [6, 6.07) is 4.40. The molecule has 106 valence electrons. The predicted molar refractivity (Wildman–Crippen MR) is 80.8 cm³/mol. The lowest BCUT2D eigenvalue weighted by Crippen LogP contribution is -2.34. The highest BCUT2D eigenvalue weighted by molar-refractivity contribution is 9.10. The zero-order chi connectivity index (χ0) is 13.8. The Morgan fingerprint density at radius 2 is 2.21 bits per heavy atom. The Balaban J connectivity index is 2.33. The van der Waals surface area contributed by atoms with Gasteiger partial charge >= 0.3 is 0 Å². The van der Waals surface area contributed by atoms with Crippen molar-refractivity contribution >= 4 is 15.9 Å². The van der Waals surface area contributed by atoms with Crippen LogP contribution in [-0.2, 0) is 4.74 Å². The monoisotopic (exact) mass is 327 g/mol. The molecule has 1 aliphatic heterocycles. The van der Waals surface area contributed by atoms with Gasteiger partial charge in [0, 0.05) is 16.6 Å². The molecule has 1 aromatic carbocycles. The summed E-state index contributed by atoms with van der Waals surface area (Å²) < 4.78 is 12.6. The Morgan fingerprint density at radius 3 is 2.79 bits per heavy atom. The molecule has 0 spiro atoms. The van der Waals surface area contributed by atoms with Crippen LogP contribution in [0.1, 0.15) is 36.4 Å². The summed E-state index contributed by atoms with van der Waals surface area (Å²) in [4.78, 5) is 0. The Morgan fingerprint density at radius 1 is 1.42 bits per heavy atom. The first-order chi connectivity index (χ1) is 9.17. The van der Waals surface area contributed by atoms with Crippen molar-refractivity contribution in [1.29, 1.82) is 0 Å². The Labute approximate surface area is 123 Å². The third-order valence-electron chi connectivity index (χ3n) is 3.74. The number of rotatable bonds is 4. The van der Waals surface area contributed by atoms with E-state index in [1.165, 1.54) is 18.4 Å². The number of nitrogens with one attached hydrogen (secondary N) is 1. The van der Waals surface area contributed by atoms with Crippen molar-refractivity contribution in [1.82, 2.24) is 5.32 Å². The maximum atomic E-state index is 5.92. The van der Waals surface area contributed by atoms with Crippen LogP contribution in [0.2, 0.25) is 0 Å². The van der Waals surface area contributed by atoms with E-state index >= 15 is 0 Å². The molecule has 1 aromatic rings. The first-order valence-corrected chi connectivity index (χ1v) is 7.59. The summed E-state index contributed by atoms with van der Waals surface area (Å²) >= 11 is 3.61. The van der Waals surface area contributed by atoms with E-state index in [9.17, 15) is 0 Å². The molecule has 3 nitrogen and oxygen atoms in total. The van der Waals surface area contributed by atoms with Gasteiger partial charge in [-0.3, -0.25) is 0 Å². The molecule has 2 atom stereocenters. The minimum atomic E-state index is 0.173. The van der Waals surface area contributed by atoms with E-state index in [0.29, 0.717) is 0 Å². The van der Waals surface area contributed by atoms with Crippen molar-refractivity contribution in [3.05, 3.63) is 27.7 Å². The zero-order valence-corrected chi connectivity index (χ0v) is 13.4. The van der Waals surface area contributed by atoms with Gasteiger partial charge in [0.25, 0.3) is 0 Å². The Bertz CT molecular complexity index is 430. The van der Waals surface area contributed by atoms with Crippen molar-refractivity contribution in [2.24, 2.45) is 0 Å². The Hall–Kier alpha value is -0.580. The first kappa shape index (κ1) is 14.8. The van der Waals surface area contributed by atoms with E-state index in [1.807, 2.05) is 7.05 Å². The molecule has 1 heterocycles. The van der Waals surface area contributed by atoms with Gasteiger partial charge in [0.05, 0.1) is 19.3 Å². The van der Waals surface area contributed by atoms with Crippen LogP contribution in [0.3, 0.4) is 0 Å². The van der Waals surface area contributed by atoms with E-state index in [1.54, 1.807) is 7.11 Å². The third-order valence-corrected chi connectivity index (χ3v) is 4.60. The van der Waals surface area contributed by atoms with Crippen LogP contribution in [0, 0.1) is 6.92 Å². The van der Waals surface area contributed by atoms with E-state index in [4.69, 9.17) is 9.47 Å². The standard InChI is InChI=1S/C15H22BrNO2/c1-10-8-14(18-3)11(9-12(10)16)15(17-2)13-6-4-5-7-19-13/h8-9,13,15,17H,4-7H2,1-3H3. The second kappa shape index (κ2) is 6.73. The van der Waals surface area contributed by atoms with Gasteiger partial charge in [-0.15, -0.1) is 0 Å². The molecule has 1 saturated heterocycles. The van der Waals surface area contributed by atoms with E-state index < -0.39 is 0 Å². The number of hydrogen-bond acceptors (Lipinski definition) is 3. The molecule has 4 heteroatoms. The largest absolute Gasteiger partial charge is 0.496 e. The van der Waals surface area contributed by atoms with Gasteiger partial charge in [0.2, 0.25) is 0 Å². The highest BCUT2D eigenvalue weighted by Crippen LogP contribution is 2.35. The maximum Gasteiger partial charge on any atom is 0.124 e. The van der Waals surface area contributed by atoms with E-state index in [0.717, 1.165) is 28.8 Å². The van der Waals surface area contributed by atoms with Crippen molar-refractivity contribution < 1.29 is 9.47 Å². The number of benzene rings is 1. The zero-order valence-electron chi connectivity index (χ0n) is 11.8. The number of likely N-dealkylation sites (N-methyl/N-ethyl adjacent to an activating group) is 1. The van der Waals surface area contributed by atoms with Crippen LogP contribution < -0.4 is 10.1 Å². The molecule has 1 N–H and O–H groups in total. The summed E-state index contributed by atoms with van der Waals surface area (Å²) in [6.07, 6.45) is 3.72. The van der Waals surface area contributed by atoms with Crippen LogP contribution in [0.15, 0.2) is 16.6 Å². The quantitative estimate of drug-likeness (QED) is 0.916. The summed E-state index contributed by atoms with van der Waals surface area (Å²) in [6.45, 7) is 2.93. The predicted octanol–water partition coefficient (Wildman–Crippen LogP) is 3.60. The summed E-state index contributed by atoms with van der Waals surface area (Å²) in [5.74, 6) is 0.925. The average molecular weight is 328 g/mol. The number of methoxy groups -OCH3 is 1. The molecule has 19 heavy (non-hydrogen) atoms.